The van der Waals surface area contributed by atoms with Gasteiger partial charge in [0.05, 0.1) is 29.7 Å². The highest BCUT2D eigenvalue weighted by atomic mass is 16.6. The number of nitrogens with zero attached hydrogens (tertiary/aromatic N) is 3. The third-order valence-electron chi connectivity index (χ3n) is 3.52. The monoisotopic (exact) mass is 267 g/mol. The molecule has 1 aromatic rings. The van der Waals surface area contributed by atoms with E-state index in [4.69, 9.17) is 5.84 Å². The quantitative estimate of drug-likeness (QED) is 0.412. The van der Waals surface area contributed by atoms with E-state index in [9.17, 15) is 15.2 Å². The first kappa shape index (κ1) is 13.5. The van der Waals surface area contributed by atoms with Crippen LogP contribution in [0.25, 0.3) is 0 Å². The van der Waals surface area contributed by atoms with Crippen LogP contribution in [0.15, 0.2) is 12.1 Å². The number of rotatable bonds is 4. The molecule has 0 aliphatic carbocycles. The van der Waals surface area contributed by atoms with Crippen LogP contribution >= 0.6 is 0 Å². The number of hydrogen-bond acceptors (Lipinski definition) is 7. The smallest absolute Gasteiger partial charge is 0.276 e. The summed E-state index contributed by atoms with van der Waals surface area (Å²) in [5, 5.41) is 20.3. The molecule has 2 unspecified atom stereocenters. The van der Waals surface area contributed by atoms with Crippen LogP contribution in [0, 0.1) is 16.0 Å². The highest BCUT2D eigenvalue weighted by Crippen LogP contribution is 2.31. The molecule has 2 rings (SSSR count). The first-order valence-electron chi connectivity index (χ1n) is 6.07. The molecule has 0 spiro atoms. The van der Waals surface area contributed by atoms with E-state index in [1.165, 1.54) is 12.1 Å². The van der Waals surface area contributed by atoms with Crippen LogP contribution in [0.4, 0.5) is 17.3 Å². The predicted molar refractivity (Wildman–Crippen MR) is 70.7 cm³/mol. The molecule has 19 heavy (non-hydrogen) atoms. The molecule has 1 saturated heterocycles. The maximum absolute atomic E-state index is 10.9. The summed E-state index contributed by atoms with van der Waals surface area (Å²) >= 11 is 0. The number of aromatic nitrogens is 1. The first-order valence-corrected chi connectivity index (χ1v) is 6.07. The van der Waals surface area contributed by atoms with Gasteiger partial charge >= 0.3 is 0 Å². The Kier molecular flexibility index (Phi) is 3.82. The van der Waals surface area contributed by atoms with Crippen molar-refractivity contribution >= 4 is 17.3 Å². The van der Waals surface area contributed by atoms with Crippen molar-refractivity contribution in [3.8, 4) is 0 Å². The molecule has 0 bridgehead atoms. The molecule has 104 valence electrons. The van der Waals surface area contributed by atoms with E-state index in [0.717, 1.165) is 6.42 Å². The van der Waals surface area contributed by atoms with Crippen molar-refractivity contribution in [2.45, 2.75) is 19.4 Å². The molecule has 0 saturated carbocycles. The summed E-state index contributed by atoms with van der Waals surface area (Å²) < 4.78 is 0. The Morgan fingerprint density at radius 1 is 1.68 bits per heavy atom. The highest BCUT2D eigenvalue weighted by Gasteiger charge is 2.32. The number of nitro groups is 1. The van der Waals surface area contributed by atoms with Crippen LogP contribution in [0.1, 0.15) is 13.3 Å². The van der Waals surface area contributed by atoms with Crippen molar-refractivity contribution < 1.29 is 10.0 Å². The van der Waals surface area contributed by atoms with Crippen LogP contribution in [0.5, 0.6) is 0 Å². The van der Waals surface area contributed by atoms with Crippen LogP contribution in [0.2, 0.25) is 0 Å². The fourth-order valence-electron chi connectivity index (χ4n) is 2.40. The zero-order chi connectivity index (χ0) is 14.0. The molecule has 0 aromatic carbocycles. The van der Waals surface area contributed by atoms with Gasteiger partial charge in [-0.1, -0.05) is 6.92 Å². The summed E-state index contributed by atoms with van der Waals surface area (Å²) in [4.78, 5) is 16.5. The Morgan fingerprint density at radius 2 is 2.42 bits per heavy atom. The number of nitrogens with one attached hydrogen (secondary N) is 1. The molecule has 2 heterocycles. The molecule has 1 aromatic heterocycles. The van der Waals surface area contributed by atoms with Gasteiger partial charge in [0, 0.05) is 6.54 Å². The normalized spacial score (nSPS) is 22.6. The third-order valence-corrected chi connectivity index (χ3v) is 3.52. The minimum absolute atomic E-state index is 0.00305. The van der Waals surface area contributed by atoms with Gasteiger partial charge in [-0.25, -0.2) is 10.8 Å². The number of nitrogens with two attached hydrogens (primary N) is 1. The largest absolute Gasteiger partial charge is 0.394 e. The highest BCUT2D eigenvalue weighted by molar-refractivity contribution is 5.56. The Hall–Kier alpha value is -1.93. The summed E-state index contributed by atoms with van der Waals surface area (Å²) in [6.07, 6.45) is 0.918. The molecule has 0 radical (unpaired) electrons. The predicted octanol–water partition coefficient (Wildman–Crippen LogP) is 0.482. The van der Waals surface area contributed by atoms with E-state index in [2.05, 4.69) is 10.4 Å². The van der Waals surface area contributed by atoms with Gasteiger partial charge in [0.1, 0.15) is 11.6 Å². The molecule has 1 aliphatic rings. The Morgan fingerprint density at radius 3 is 3.00 bits per heavy atom. The van der Waals surface area contributed by atoms with Crippen molar-refractivity contribution in [2.75, 3.05) is 23.5 Å². The molecule has 4 N–H and O–H groups in total. The number of hydrazine groups is 1. The summed E-state index contributed by atoms with van der Waals surface area (Å²) in [7, 11) is 0. The minimum Gasteiger partial charge on any atom is -0.394 e. The van der Waals surface area contributed by atoms with Crippen LogP contribution in [0.3, 0.4) is 0 Å². The first-order chi connectivity index (χ1) is 9.06. The van der Waals surface area contributed by atoms with E-state index in [1.54, 1.807) is 0 Å². The van der Waals surface area contributed by atoms with Crippen LogP contribution < -0.4 is 16.2 Å². The SMILES string of the molecule is CC1CCN(c2cc([N+](=O)[O-])cc(NN)n2)C1CO. The van der Waals surface area contributed by atoms with E-state index >= 15 is 0 Å². The van der Waals surface area contributed by atoms with Gasteiger partial charge in [0.2, 0.25) is 0 Å². The fraction of sp³-hybridized carbons (Fsp3) is 0.545. The molecule has 1 aliphatic heterocycles. The molecule has 2 atom stereocenters. The molecule has 1 fully saturated rings. The Bertz CT molecular complexity index is 481. The van der Waals surface area contributed by atoms with Gasteiger partial charge in [-0.05, 0) is 12.3 Å². The van der Waals surface area contributed by atoms with Crippen molar-refractivity contribution in [3.05, 3.63) is 22.2 Å². The van der Waals surface area contributed by atoms with Gasteiger partial charge in [-0.3, -0.25) is 10.1 Å². The minimum atomic E-state index is -0.487. The third kappa shape index (κ3) is 2.59. The number of anilines is 2. The zero-order valence-corrected chi connectivity index (χ0v) is 10.6. The summed E-state index contributed by atoms with van der Waals surface area (Å²) in [5.74, 6) is 6.30. The lowest BCUT2D eigenvalue weighted by Crippen LogP contribution is -2.35. The van der Waals surface area contributed by atoms with E-state index < -0.39 is 4.92 Å². The van der Waals surface area contributed by atoms with Crippen molar-refractivity contribution in [1.29, 1.82) is 0 Å². The Labute approximate surface area is 110 Å². The number of aliphatic hydroxyl groups excluding tert-OH is 1. The molecular weight excluding hydrogens is 250 g/mol. The summed E-state index contributed by atoms with van der Waals surface area (Å²) in [6, 6.07) is 2.61. The lowest BCUT2D eigenvalue weighted by molar-refractivity contribution is -0.384. The number of nitrogen functional groups attached to an aromatic ring is 1. The average Bonchev–Trinajstić information content (AvgIpc) is 2.79. The molecule has 8 heteroatoms. The van der Waals surface area contributed by atoms with Gasteiger partial charge in [-0.2, -0.15) is 0 Å². The fourth-order valence-corrected chi connectivity index (χ4v) is 2.40. The standard InChI is InChI=1S/C11H17N5O3/c1-7-2-3-15(9(7)6-17)11-5-8(16(18)19)4-10(13-11)14-12/h4-5,7,9,17H,2-3,6,12H2,1H3,(H,13,14). The van der Waals surface area contributed by atoms with Gasteiger partial charge in [0.25, 0.3) is 5.69 Å². The summed E-state index contributed by atoms with van der Waals surface area (Å²) in [5.41, 5.74) is 2.25. The van der Waals surface area contributed by atoms with Crippen molar-refractivity contribution in [2.24, 2.45) is 11.8 Å². The number of hydrogen-bond donors (Lipinski definition) is 3. The zero-order valence-electron chi connectivity index (χ0n) is 10.6. The molecular formula is C11H17N5O3. The summed E-state index contributed by atoms with van der Waals surface area (Å²) in [6.45, 7) is 2.75. The molecule has 0 amide bonds. The average molecular weight is 267 g/mol. The van der Waals surface area contributed by atoms with Gasteiger partial charge in [0.15, 0.2) is 0 Å². The molecule has 8 nitrogen and oxygen atoms in total. The maximum Gasteiger partial charge on any atom is 0.276 e. The van der Waals surface area contributed by atoms with Gasteiger partial charge < -0.3 is 15.4 Å². The number of aliphatic hydroxyl groups is 1. The van der Waals surface area contributed by atoms with E-state index in [0.29, 0.717) is 18.3 Å². The second-order valence-electron chi connectivity index (χ2n) is 4.68. The second kappa shape index (κ2) is 5.37. The Balaban J connectivity index is 2.38. The lowest BCUT2D eigenvalue weighted by atomic mass is 10.0. The van der Waals surface area contributed by atoms with E-state index in [-0.39, 0.29) is 24.2 Å². The topological polar surface area (TPSA) is 118 Å². The lowest BCUT2D eigenvalue weighted by Gasteiger charge is -2.26. The van der Waals surface area contributed by atoms with Crippen LogP contribution in [-0.2, 0) is 0 Å². The number of pyridine rings is 1. The van der Waals surface area contributed by atoms with Crippen molar-refractivity contribution in [1.82, 2.24) is 4.98 Å². The van der Waals surface area contributed by atoms with E-state index in [1.807, 2.05) is 11.8 Å². The second-order valence-corrected chi connectivity index (χ2v) is 4.68. The van der Waals surface area contributed by atoms with Crippen molar-refractivity contribution in [3.63, 3.8) is 0 Å². The van der Waals surface area contributed by atoms with Gasteiger partial charge in [-0.15, -0.1) is 0 Å². The van der Waals surface area contributed by atoms with Crippen LogP contribution in [-0.4, -0.2) is 34.2 Å². The maximum atomic E-state index is 10.9.